The number of hydrogen-bond donors (Lipinski definition) is 1. The molecule has 1 aromatic heterocycles. The number of imidazole rings is 1. The van der Waals surface area contributed by atoms with Crippen LogP contribution in [0.15, 0.2) is 6.20 Å². The summed E-state index contributed by atoms with van der Waals surface area (Å²) in [5.74, 6) is 0.931. The van der Waals surface area contributed by atoms with E-state index in [1.54, 1.807) is 0 Å². The molecule has 3 nitrogen and oxygen atoms in total. The molecule has 0 aliphatic carbocycles. The second kappa shape index (κ2) is 4.55. The van der Waals surface area contributed by atoms with Crippen LogP contribution in [0.5, 0.6) is 0 Å². The highest BCUT2D eigenvalue weighted by atomic mass is 14.9. The van der Waals surface area contributed by atoms with Crippen LogP contribution in [0.3, 0.4) is 0 Å². The molecule has 0 unspecified atom stereocenters. The fraction of sp³-hybridized carbons (Fsp3) is 0.556. The van der Waals surface area contributed by atoms with Crippen LogP contribution in [0.4, 0.5) is 0 Å². The van der Waals surface area contributed by atoms with Gasteiger partial charge >= 0.3 is 0 Å². The van der Waals surface area contributed by atoms with Crippen LogP contribution in [-0.2, 0) is 12.8 Å². The largest absolute Gasteiger partial charge is 0.346 e. The summed E-state index contributed by atoms with van der Waals surface area (Å²) in [5, 5.41) is 8.35. The van der Waals surface area contributed by atoms with E-state index in [1.165, 1.54) is 5.69 Å². The van der Waals surface area contributed by atoms with Crippen molar-refractivity contribution >= 4 is 0 Å². The maximum absolute atomic E-state index is 8.35. The summed E-state index contributed by atoms with van der Waals surface area (Å²) in [5.41, 5.74) is 1.17. The number of aromatic nitrogens is 2. The fourth-order valence-corrected chi connectivity index (χ4v) is 1.10. The Morgan fingerprint density at radius 1 is 1.58 bits per heavy atom. The summed E-state index contributed by atoms with van der Waals surface area (Å²) in [4.78, 5) is 7.35. The van der Waals surface area contributed by atoms with Crippen molar-refractivity contribution in [1.82, 2.24) is 9.97 Å². The van der Waals surface area contributed by atoms with Crippen LogP contribution in [0.25, 0.3) is 0 Å². The van der Waals surface area contributed by atoms with Gasteiger partial charge in [-0.3, -0.25) is 0 Å². The first-order valence-corrected chi connectivity index (χ1v) is 4.26. The zero-order valence-corrected chi connectivity index (χ0v) is 7.30. The minimum Gasteiger partial charge on any atom is -0.346 e. The highest BCUT2D eigenvalue weighted by molar-refractivity contribution is 5.02. The minimum absolute atomic E-state index is 0.541. The standard InChI is InChI=1S/C9H13N3/c1-2-4-8-7-11-9(12-8)5-3-6-10/h7H,2-5H2,1H3,(H,11,12). The maximum Gasteiger partial charge on any atom is 0.107 e. The molecule has 1 heterocycles. The Labute approximate surface area is 72.4 Å². The van der Waals surface area contributed by atoms with Gasteiger partial charge in [0.2, 0.25) is 0 Å². The molecule has 0 aliphatic heterocycles. The molecule has 0 saturated heterocycles. The Kier molecular flexibility index (Phi) is 3.34. The number of H-pyrrole nitrogens is 1. The van der Waals surface area contributed by atoms with E-state index in [-0.39, 0.29) is 0 Å². The van der Waals surface area contributed by atoms with E-state index in [0.717, 1.165) is 25.1 Å². The van der Waals surface area contributed by atoms with Crippen molar-refractivity contribution in [3.63, 3.8) is 0 Å². The van der Waals surface area contributed by atoms with E-state index in [4.69, 9.17) is 5.26 Å². The molecule has 64 valence electrons. The number of aromatic amines is 1. The second-order valence-electron chi connectivity index (χ2n) is 2.76. The molecule has 0 spiro atoms. The van der Waals surface area contributed by atoms with E-state index in [9.17, 15) is 0 Å². The normalized spacial score (nSPS) is 9.67. The quantitative estimate of drug-likeness (QED) is 0.736. The summed E-state index contributed by atoms with van der Waals surface area (Å²) >= 11 is 0. The number of nitrogens with zero attached hydrogens (tertiary/aromatic N) is 2. The molecule has 1 rings (SSSR count). The molecule has 0 bridgehead atoms. The summed E-state index contributed by atoms with van der Waals surface area (Å²) in [7, 11) is 0. The molecule has 0 saturated carbocycles. The first-order valence-electron chi connectivity index (χ1n) is 4.26. The molecule has 0 fully saturated rings. The smallest absolute Gasteiger partial charge is 0.107 e. The Hall–Kier alpha value is -1.30. The molecule has 12 heavy (non-hydrogen) atoms. The van der Waals surface area contributed by atoms with Crippen molar-refractivity contribution in [3.8, 4) is 6.07 Å². The molecule has 1 N–H and O–H groups in total. The Morgan fingerprint density at radius 2 is 2.42 bits per heavy atom. The lowest BCUT2D eigenvalue weighted by atomic mass is 10.3. The molecule has 0 aliphatic rings. The van der Waals surface area contributed by atoms with Crippen LogP contribution in [-0.4, -0.2) is 9.97 Å². The van der Waals surface area contributed by atoms with Crippen LogP contribution in [0.2, 0.25) is 0 Å². The van der Waals surface area contributed by atoms with Gasteiger partial charge in [0.05, 0.1) is 6.07 Å². The number of rotatable bonds is 4. The predicted octanol–water partition coefficient (Wildman–Crippen LogP) is 1.82. The van der Waals surface area contributed by atoms with Gasteiger partial charge in [0.1, 0.15) is 5.82 Å². The number of aryl methyl sites for hydroxylation is 2. The SMILES string of the molecule is CCCc1cnc(CCC#N)[nH]1. The van der Waals surface area contributed by atoms with Crippen molar-refractivity contribution in [2.75, 3.05) is 0 Å². The van der Waals surface area contributed by atoms with E-state index >= 15 is 0 Å². The summed E-state index contributed by atoms with van der Waals surface area (Å²) in [6, 6.07) is 2.10. The minimum atomic E-state index is 0.541. The van der Waals surface area contributed by atoms with Crippen LogP contribution >= 0.6 is 0 Å². The predicted molar refractivity (Wildman–Crippen MR) is 46.5 cm³/mol. The van der Waals surface area contributed by atoms with Crippen LogP contribution < -0.4 is 0 Å². The Bertz CT molecular complexity index is 270. The number of hydrogen-bond acceptors (Lipinski definition) is 2. The molecule has 3 heteroatoms. The van der Waals surface area contributed by atoms with Crippen molar-refractivity contribution in [2.45, 2.75) is 32.6 Å². The lowest BCUT2D eigenvalue weighted by Crippen LogP contribution is -1.87. The molecule has 0 amide bonds. The van der Waals surface area contributed by atoms with Crippen molar-refractivity contribution in [1.29, 1.82) is 5.26 Å². The molecular formula is C9H13N3. The highest BCUT2D eigenvalue weighted by Crippen LogP contribution is 2.02. The van der Waals surface area contributed by atoms with Gasteiger partial charge in [-0.1, -0.05) is 13.3 Å². The number of nitriles is 1. The topological polar surface area (TPSA) is 52.5 Å². The average molecular weight is 163 g/mol. The van der Waals surface area contributed by atoms with E-state index in [1.807, 2.05) is 6.20 Å². The second-order valence-corrected chi connectivity index (χ2v) is 2.76. The molecular weight excluding hydrogens is 150 g/mol. The molecule has 0 radical (unpaired) electrons. The lowest BCUT2D eigenvalue weighted by molar-refractivity contribution is 0.866. The summed E-state index contributed by atoms with van der Waals surface area (Å²) in [6.45, 7) is 2.13. The van der Waals surface area contributed by atoms with E-state index in [0.29, 0.717) is 6.42 Å². The molecule has 0 atom stereocenters. The Balaban J connectivity index is 2.47. The average Bonchev–Trinajstić information content (AvgIpc) is 2.50. The van der Waals surface area contributed by atoms with Crippen LogP contribution in [0, 0.1) is 11.3 Å². The third kappa shape index (κ3) is 2.39. The fourth-order valence-electron chi connectivity index (χ4n) is 1.10. The third-order valence-corrected chi connectivity index (χ3v) is 1.67. The zero-order valence-electron chi connectivity index (χ0n) is 7.30. The van der Waals surface area contributed by atoms with E-state index < -0.39 is 0 Å². The highest BCUT2D eigenvalue weighted by Gasteiger charge is 1.98. The first kappa shape index (κ1) is 8.79. The third-order valence-electron chi connectivity index (χ3n) is 1.67. The van der Waals surface area contributed by atoms with Gasteiger partial charge in [0, 0.05) is 24.7 Å². The molecule has 1 aromatic rings. The monoisotopic (exact) mass is 163 g/mol. The van der Waals surface area contributed by atoms with Gasteiger partial charge in [0.25, 0.3) is 0 Å². The van der Waals surface area contributed by atoms with E-state index in [2.05, 4.69) is 23.0 Å². The van der Waals surface area contributed by atoms with Crippen molar-refractivity contribution in [3.05, 3.63) is 17.7 Å². The van der Waals surface area contributed by atoms with Crippen LogP contribution in [0.1, 0.15) is 31.3 Å². The van der Waals surface area contributed by atoms with Gasteiger partial charge in [-0.05, 0) is 6.42 Å². The van der Waals surface area contributed by atoms with Gasteiger partial charge in [-0.15, -0.1) is 0 Å². The van der Waals surface area contributed by atoms with Gasteiger partial charge < -0.3 is 4.98 Å². The summed E-state index contributed by atoms with van der Waals surface area (Å²) < 4.78 is 0. The Morgan fingerprint density at radius 3 is 3.08 bits per heavy atom. The van der Waals surface area contributed by atoms with Crippen molar-refractivity contribution < 1.29 is 0 Å². The van der Waals surface area contributed by atoms with Crippen molar-refractivity contribution in [2.24, 2.45) is 0 Å². The van der Waals surface area contributed by atoms with Gasteiger partial charge in [-0.25, -0.2) is 4.98 Å². The lowest BCUT2D eigenvalue weighted by Gasteiger charge is -1.90. The van der Waals surface area contributed by atoms with Gasteiger partial charge in [-0.2, -0.15) is 5.26 Å². The first-order chi connectivity index (χ1) is 5.86. The summed E-state index contributed by atoms with van der Waals surface area (Å²) in [6.07, 6.45) is 5.30. The number of nitrogens with one attached hydrogen (secondary N) is 1. The maximum atomic E-state index is 8.35. The zero-order chi connectivity index (χ0) is 8.81. The molecule has 0 aromatic carbocycles. The van der Waals surface area contributed by atoms with Gasteiger partial charge in [0.15, 0.2) is 0 Å².